The number of hydrogen-bond donors (Lipinski definition) is 1. The number of fused-ring (bicyclic) bond motifs is 2. The summed E-state index contributed by atoms with van der Waals surface area (Å²) >= 11 is 0. The van der Waals surface area contributed by atoms with Gasteiger partial charge < -0.3 is 10.1 Å². The van der Waals surface area contributed by atoms with Gasteiger partial charge in [0.1, 0.15) is 5.54 Å². The Morgan fingerprint density at radius 3 is 2.61 bits per heavy atom. The molecule has 1 aromatic carbocycles. The van der Waals surface area contributed by atoms with Gasteiger partial charge in [-0.05, 0) is 37.1 Å². The summed E-state index contributed by atoms with van der Waals surface area (Å²) in [7, 11) is 0. The Labute approximate surface area is 106 Å². The summed E-state index contributed by atoms with van der Waals surface area (Å²) in [6.07, 6.45) is 0. The van der Waals surface area contributed by atoms with E-state index in [4.69, 9.17) is 10.00 Å². The van der Waals surface area contributed by atoms with Crippen molar-refractivity contribution in [3.05, 3.63) is 34.9 Å². The number of carbonyl (C=O) groups excluding carboxylic acids is 1. The lowest BCUT2D eigenvalue weighted by atomic mass is 9.70. The highest BCUT2D eigenvalue weighted by molar-refractivity contribution is 5.91. The number of nitrogens with one attached hydrogen (secondary N) is 1. The number of rotatable bonds is 0. The molecular weight excluding hydrogens is 228 g/mol. The molecule has 1 fully saturated rings. The average molecular weight is 242 g/mol. The van der Waals surface area contributed by atoms with Crippen LogP contribution in [0.5, 0.6) is 0 Å². The van der Waals surface area contributed by atoms with Crippen molar-refractivity contribution in [3.63, 3.8) is 0 Å². The third kappa shape index (κ3) is 1.25. The zero-order valence-corrected chi connectivity index (χ0v) is 10.4. The Morgan fingerprint density at radius 1 is 1.33 bits per heavy atom. The number of carbonyl (C=O) groups is 1. The van der Waals surface area contributed by atoms with Crippen LogP contribution < -0.4 is 5.32 Å². The van der Waals surface area contributed by atoms with Gasteiger partial charge in [-0.15, -0.1) is 0 Å². The van der Waals surface area contributed by atoms with Gasteiger partial charge >= 0.3 is 0 Å². The molecule has 2 aliphatic rings. The van der Waals surface area contributed by atoms with Crippen molar-refractivity contribution in [1.29, 1.82) is 5.26 Å². The van der Waals surface area contributed by atoms with Crippen molar-refractivity contribution in [1.82, 2.24) is 5.32 Å². The summed E-state index contributed by atoms with van der Waals surface area (Å²) in [6.45, 7) is 4.78. The molecule has 1 amide bonds. The lowest BCUT2D eigenvalue weighted by Crippen LogP contribution is -2.66. The first kappa shape index (κ1) is 11.2. The van der Waals surface area contributed by atoms with E-state index in [0.29, 0.717) is 18.8 Å². The van der Waals surface area contributed by atoms with Crippen LogP contribution in [0.4, 0.5) is 0 Å². The smallest absolute Gasteiger partial charge is 0.230 e. The third-order valence-electron chi connectivity index (χ3n) is 3.95. The maximum Gasteiger partial charge on any atom is 0.230 e. The highest BCUT2D eigenvalue weighted by Crippen LogP contribution is 2.42. The van der Waals surface area contributed by atoms with Gasteiger partial charge in [-0.1, -0.05) is 6.07 Å². The van der Waals surface area contributed by atoms with E-state index in [1.54, 1.807) is 6.07 Å². The first-order valence-electron chi connectivity index (χ1n) is 5.95. The Kier molecular flexibility index (Phi) is 2.08. The second kappa shape index (κ2) is 3.33. The van der Waals surface area contributed by atoms with Crippen LogP contribution in [0, 0.1) is 11.3 Å². The zero-order chi connectivity index (χ0) is 13.0. The second-order valence-corrected chi connectivity index (χ2v) is 5.53. The highest BCUT2D eigenvalue weighted by atomic mass is 16.5. The van der Waals surface area contributed by atoms with Gasteiger partial charge in [-0.25, -0.2) is 0 Å². The second-order valence-electron chi connectivity index (χ2n) is 5.53. The van der Waals surface area contributed by atoms with Gasteiger partial charge in [-0.2, -0.15) is 5.26 Å². The van der Waals surface area contributed by atoms with Crippen LogP contribution in [0.3, 0.4) is 0 Å². The van der Waals surface area contributed by atoms with Crippen molar-refractivity contribution < 1.29 is 9.53 Å². The van der Waals surface area contributed by atoms with Crippen LogP contribution in [-0.2, 0) is 20.5 Å². The molecule has 92 valence electrons. The fraction of sp³-hybridized carbons (Fsp3) is 0.429. The lowest BCUT2D eigenvalue weighted by Gasteiger charge is -2.49. The van der Waals surface area contributed by atoms with Crippen LogP contribution in [0.2, 0.25) is 0 Å². The van der Waals surface area contributed by atoms with E-state index in [9.17, 15) is 4.79 Å². The van der Waals surface area contributed by atoms with Crippen molar-refractivity contribution in [2.45, 2.75) is 24.8 Å². The number of amides is 1. The van der Waals surface area contributed by atoms with Crippen molar-refractivity contribution in [2.24, 2.45) is 0 Å². The number of nitrogens with zero attached hydrogens (tertiary/aromatic N) is 1. The molecule has 1 aromatic rings. The van der Waals surface area contributed by atoms with Gasteiger partial charge in [0, 0.05) is 0 Å². The summed E-state index contributed by atoms with van der Waals surface area (Å²) in [5, 5.41) is 12.1. The van der Waals surface area contributed by atoms with Crippen molar-refractivity contribution in [2.75, 3.05) is 13.2 Å². The first-order chi connectivity index (χ1) is 8.49. The molecule has 1 saturated heterocycles. The van der Waals surface area contributed by atoms with Crippen LogP contribution in [-0.4, -0.2) is 19.1 Å². The van der Waals surface area contributed by atoms with Crippen molar-refractivity contribution >= 4 is 5.91 Å². The van der Waals surface area contributed by atoms with E-state index in [-0.39, 0.29) is 11.4 Å². The van der Waals surface area contributed by atoms with Gasteiger partial charge in [0.25, 0.3) is 0 Å². The fourth-order valence-corrected chi connectivity index (χ4v) is 2.65. The zero-order valence-electron chi connectivity index (χ0n) is 10.4. The summed E-state index contributed by atoms with van der Waals surface area (Å²) in [5.41, 5.74) is 1.62. The quantitative estimate of drug-likeness (QED) is 0.743. The standard InChI is InChI=1S/C14H14N2O2/c1-13(2)11-5-9(6-15)3-4-10(11)14(7-18-8-14)16-12(13)17/h3-5H,7-8H2,1-2H3,(H,16,17). The molecule has 4 nitrogen and oxygen atoms in total. The summed E-state index contributed by atoms with van der Waals surface area (Å²) in [6, 6.07) is 7.70. The van der Waals surface area contributed by atoms with E-state index in [1.165, 1.54) is 0 Å². The minimum atomic E-state index is -0.608. The molecule has 0 saturated carbocycles. The summed E-state index contributed by atoms with van der Waals surface area (Å²) in [4.78, 5) is 12.2. The highest BCUT2D eigenvalue weighted by Gasteiger charge is 2.51. The van der Waals surface area contributed by atoms with E-state index in [1.807, 2.05) is 26.0 Å². The van der Waals surface area contributed by atoms with E-state index in [0.717, 1.165) is 11.1 Å². The largest absolute Gasteiger partial charge is 0.376 e. The SMILES string of the molecule is CC1(C)C(=O)NC2(COC2)c2ccc(C#N)cc21. The predicted octanol–water partition coefficient (Wildman–Crippen LogP) is 1.19. The molecule has 1 N–H and O–H groups in total. The number of hydrogen-bond acceptors (Lipinski definition) is 3. The van der Waals surface area contributed by atoms with Crippen LogP contribution >= 0.6 is 0 Å². The molecule has 0 unspecified atom stereocenters. The molecule has 0 atom stereocenters. The molecule has 4 heteroatoms. The van der Waals surface area contributed by atoms with Crippen molar-refractivity contribution in [3.8, 4) is 6.07 Å². The molecule has 1 spiro atoms. The fourth-order valence-electron chi connectivity index (χ4n) is 2.65. The van der Waals surface area contributed by atoms with E-state index in [2.05, 4.69) is 11.4 Å². The lowest BCUT2D eigenvalue weighted by molar-refractivity contribution is -0.141. The average Bonchev–Trinajstić information content (AvgIpc) is 2.31. The molecule has 0 bridgehead atoms. The topological polar surface area (TPSA) is 62.1 Å². The molecule has 0 radical (unpaired) electrons. The van der Waals surface area contributed by atoms with Crippen LogP contribution in [0.1, 0.15) is 30.5 Å². The Morgan fingerprint density at radius 2 is 2.06 bits per heavy atom. The molecule has 2 heterocycles. The van der Waals surface area contributed by atoms with Crippen LogP contribution in [0.25, 0.3) is 0 Å². The molecule has 0 aromatic heterocycles. The molecule has 0 aliphatic carbocycles. The molecule has 2 aliphatic heterocycles. The number of benzene rings is 1. The maximum atomic E-state index is 12.2. The molecular formula is C14H14N2O2. The van der Waals surface area contributed by atoms with Gasteiger partial charge in [0.05, 0.1) is 30.3 Å². The number of ether oxygens (including phenoxy) is 1. The van der Waals surface area contributed by atoms with E-state index < -0.39 is 5.41 Å². The number of nitriles is 1. The van der Waals surface area contributed by atoms with Gasteiger partial charge in [0.15, 0.2) is 0 Å². The predicted molar refractivity (Wildman–Crippen MR) is 64.8 cm³/mol. The molecule has 3 rings (SSSR count). The monoisotopic (exact) mass is 242 g/mol. The Balaban J connectivity index is 2.24. The summed E-state index contributed by atoms with van der Waals surface area (Å²) in [5.74, 6) is -0.00612. The van der Waals surface area contributed by atoms with Gasteiger partial charge in [-0.3, -0.25) is 4.79 Å². The Hall–Kier alpha value is -1.86. The molecule has 18 heavy (non-hydrogen) atoms. The Bertz CT molecular complexity index is 580. The summed E-state index contributed by atoms with van der Waals surface area (Å²) < 4.78 is 5.27. The first-order valence-corrected chi connectivity index (χ1v) is 5.95. The minimum absolute atomic E-state index is 0.00612. The third-order valence-corrected chi connectivity index (χ3v) is 3.95. The normalized spacial score (nSPS) is 22.6. The van der Waals surface area contributed by atoms with Crippen LogP contribution in [0.15, 0.2) is 18.2 Å². The minimum Gasteiger partial charge on any atom is -0.376 e. The van der Waals surface area contributed by atoms with E-state index >= 15 is 0 Å². The van der Waals surface area contributed by atoms with Gasteiger partial charge in [0.2, 0.25) is 5.91 Å². The maximum absolute atomic E-state index is 12.2.